The number of carbonyl (C=O) groups excluding carboxylic acids is 1. The molecule has 11 heteroatoms. The number of carbonyl (C=O) groups is 1. The Morgan fingerprint density at radius 1 is 1.02 bits per heavy atom. The van der Waals surface area contributed by atoms with Crippen molar-refractivity contribution in [2.75, 3.05) is 17.5 Å². The number of nitrogens with one attached hydrogen (secondary N) is 1. The summed E-state index contributed by atoms with van der Waals surface area (Å²) in [6, 6.07) is 21.9. The van der Waals surface area contributed by atoms with Crippen molar-refractivity contribution in [1.29, 1.82) is 0 Å². The molecule has 0 unspecified atom stereocenters. The fourth-order valence-corrected chi connectivity index (χ4v) is 6.09. The molecular formula is C29H28Cl2N4O4S. The number of nitrogens with zero attached hydrogens (tertiary/aromatic N) is 3. The van der Waals surface area contributed by atoms with E-state index >= 15 is 0 Å². The van der Waals surface area contributed by atoms with Crippen LogP contribution in [0, 0.1) is 13.8 Å². The van der Waals surface area contributed by atoms with Gasteiger partial charge in [-0.1, -0.05) is 59.6 Å². The molecule has 4 aromatic rings. The van der Waals surface area contributed by atoms with Crippen LogP contribution >= 0.6 is 23.2 Å². The van der Waals surface area contributed by atoms with E-state index in [-0.39, 0.29) is 10.6 Å². The number of anilines is 1. The van der Waals surface area contributed by atoms with E-state index in [4.69, 9.17) is 27.9 Å². The normalized spacial score (nSPS) is 11.5. The number of aryl methyl sites for hydroxylation is 1. The quantitative estimate of drug-likeness (QED) is 0.175. The van der Waals surface area contributed by atoms with E-state index in [0.717, 1.165) is 26.9 Å². The van der Waals surface area contributed by atoms with Gasteiger partial charge in [-0.05, 0) is 63.2 Å². The van der Waals surface area contributed by atoms with Crippen molar-refractivity contribution in [3.05, 3.63) is 106 Å². The van der Waals surface area contributed by atoms with Crippen LogP contribution in [0.4, 0.5) is 5.69 Å². The summed E-state index contributed by atoms with van der Waals surface area (Å²) in [6.45, 7) is 5.42. The van der Waals surface area contributed by atoms with Gasteiger partial charge in [0.05, 0.1) is 39.1 Å². The first-order valence-electron chi connectivity index (χ1n) is 12.4. The average Bonchev–Trinajstić information content (AvgIpc) is 3.22. The second kappa shape index (κ2) is 12.6. The van der Waals surface area contributed by atoms with Crippen molar-refractivity contribution < 1.29 is 17.9 Å². The SMILES string of the molecule is CCOc1ccccc1N(CC(=O)N/N=C\c1cc(C)n(-c2cccc(Cl)c2Cl)c1C)S(=O)(=O)c1ccccc1. The van der Waals surface area contributed by atoms with Gasteiger partial charge in [0.15, 0.2) is 0 Å². The lowest BCUT2D eigenvalue weighted by molar-refractivity contribution is -0.119. The minimum Gasteiger partial charge on any atom is -0.492 e. The maximum absolute atomic E-state index is 13.6. The van der Waals surface area contributed by atoms with Gasteiger partial charge in [0.25, 0.3) is 15.9 Å². The van der Waals surface area contributed by atoms with Gasteiger partial charge in [-0.25, -0.2) is 13.8 Å². The molecule has 208 valence electrons. The number of benzene rings is 3. The Hall–Kier alpha value is -3.79. The summed E-state index contributed by atoms with van der Waals surface area (Å²) >= 11 is 12.6. The lowest BCUT2D eigenvalue weighted by Gasteiger charge is -2.25. The fraction of sp³-hybridized carbons (Fsp3) is 0.172. The zero-order chi connectivity index (χ0) is 28.9. The third-order valence-electron chi connectivity index (χ3n) is 6.09. The van der Waals surface area contributed by atoms with Gasteiger partial charge < -0.3 is 9.30 Å². The predicted molar refractivity (Wildman–Crippen MR) is 160 cm³/mol. The molecule has 0 radical (unpaired) electrons. The minimum absolute atomic E-state index is 0.0460. The van der Waals surface area contributed by atoms with Crippen LogP contribution < -0.4 is 14.5 Å². The van der Waals surface area contributed by atoms with E-state index in [9.17, 15) is 13.2 Å². The Balaban J connectivity index is 1.59. The number of ether oxygens (including phenoxy) is 1. The fourth-order valence-electron chi connectivity index (χ4n) is 4.25. The number of aromatic nitrogens is 1. The summed E-state index contributed by atoms with van der Waals surface area (Å²) in [5.41, 5.74) is 5.88. The number of hydrogen-bond donors (Lipinski definition) is 1. The third-order valence-corrected chi connectivity index (χ3v) is 8.67. The number of sulfonamides is 1. The van der Waals surface area contributed by atoms with Crippen LogP contribution in [0.2, 0.25) is 10.0 Å². The molecule has 0 fully saturated rings. The van der Waals surface area contributed by atoms with Gasteiger partial charge >= 0.3 is 0 Å². The molecule has 0 bridgehead atoms. The summed E-state index contributed by atoms with van der Waals surface area (Å²) in [5, 5.41) is 4.97. The minimum atomic E-state index is -4.10. The number of para-hydroxylation sites is 2. The zero-order valence-corrected chi connectivity index (χ0v) is 24.5. The Morgan fingerprint density at radius 3 is 2.45 bits per heavy atom. The van der Waals surface area contributed by atoms with Gasteiger partial charge in [0.1, 0.15) is 12.3 Å². The lowest BCUT2D eigenvalue weighted by atomic mass is 10.2. The van der Waals surface area contributed by atoms with Crippen LogP contribution in [-0.4, -0.2) is 38.3 Å². The van der Waals surface area contributed by atoms with Crippen LogP contribution in [-0.2, 0) is 14.8 Å². The van der Waals surface area contributed by atoms with E-state index in [1.165, 1.54) is 18.3 Å². The van der Waals surface area contributed by atoms with E-state index in [2.05, 4.69) is 10.5 Å². The lowest BCUT2D eigenvalue weighted by Crippen LogP contribution is -2.39. The summed E-state index contributed by atoms with van der Waals surface area (Å²) in [7, 11) is -4.10. The summed E-state index contributed by atoms with van der Waals surface area (Å²) in [4.78, 5) is 13.1. The van der Waals surface area contributed by atoms with Gasteiger partial charge in [-0.2, -0.15) is 5.10 Å². The highest BCUT2D eigenvalue weighted by molar-refractivity contribution is 7.92. The summed E-state index contributed by atoms with van der Waals surface area (Å²) in [5.74, 6) is -0.290. The number of rotatable bonds is 10. The Morgan fingerprint density at radius 2 is 1.73 bits per heavy atom. The molecule has 1 aromatic heterocycles. The first-order valence-corrected chi connectivity index (χ1v) is 14.6. The number of hydrazone groups is 1. The van der Waals surface area contributed by atoms with E-state index in [0.29, 0.717) is 22.4 Å². The van der Waals surface area contributed by atoms with E-state index in [1.54, 1.807) is 55.5 Å². The van der Waals surface area contributed by atoms with Crippen molar-refractivity contribution in [3.8, 4) is 11.4 Å². The summed E-state index contributed by atoms with van der Waals surface area (Å²) < 4.78 is 35.9. The largest absolute Gasteiger partial charge is 0.492 e. The predicted octanol–water partition coefficient (Wildman–Crippen LogP) is 6.15. The van der Waals surface area contributed by atoms with Gasteiger partial charge in [0.2, 0.25) is 0 Å². The summed E-state index contributed by atoms with van der Waals surface area (Å²) in [6.07, 6.45) is 1.50. The van der Waals surface area contributed by atoms with Gasteiger partial charge in [-0.15, -0.1) is 0 Å². The Labute approximate surface area is 243 Å². The second-order valence-corrected chi connectivity index (χ2v) is 11.4. The van der Waals surface area contributed by atoms with Crippen LogP contribution in [0.1, 0.15) is 23.9 Å². The molecule has 40 heavy (non-hydrogen) atoms. The smallest absolute Gasteiger partial charge is 0.264 e. The molecule has 0 spiro atoms. The molecule has 8 nitrogen and oxygen atoms in total. The molecule has 0 aliphatic heterocycles. The number of amides is 1. The van der Waals surface area contributed by atoms with Gasteiger partial charge in [0, 0.05) is 17.0 Å². The first-order chi connectivity index (χ1) is 19.1. The first kappa shape index (κ1) is 29.2. The molecule has 1 N–H and O–H groups in total. The highest BCUT2D eigenvalue weighted by Crippen LogP contribution is 2.33. The molecule has 0 saturated heterocycles. The maximum Gasteiger partial charge on any atom is 0.264 e. The van der Waals surface area contributed by atoms with Gasteiger partial charge in [-0.3, -0.25) is 9.10 Å². The van der Waals surface area contributed by atoms with Crippen molar-refractivity contribution >= 4 is 51.0 Å². The Bertz CT molecular complexity index is 1650. The molecule has 0 aliphatic carbocycles. The molecule has 3 aromatic carbocycles. The molecule has 0 saturated carbocycles. The Kier molecular flexibility index (Phi) is 9.19. The third kappa shape index (κ3) is 6.17. The van der Waals surface area contributed by atoms with Crippen LogP contribution in [0.3, 0.4) is 0 Å². The van der Waals surface area contributed by atoms with Crippen molar-refractivity contribution in [3.63, 3.8) is 0 Å². The highest BCUT2D eigenvalue weighted by atomic mass is 35.5. The molecule has 1 heterocycles. The van der Waals surface area contributed by atoms with E-state index < -0.39 is 22.5 Å². The van der Waals surface area contributed by atoms with Crippen LogP contribution in [0.15, 0.2) is 88.9 Å². The average molecular weight is 600 g/mol. The molecule has 0 atom stereocenters. The maximum atomic E-state index is 13.6. The van der Waals surface area contributed by atoms with Crippen LogP contribution in [0.25, 0.3) is 5.69 Å². The van der Waals surface area contributed by atoms with E-state index in [1.807, 2.05) is 36.6 Å². The van der Waals surface area contributed by atoms with Crippen molar-refractivity contribution in [2.45, 2.75) is 25.7 Å². The second-order valence-electron chi connectivity index (χ2n) is 8.75. The number of halogens is 2. The molecular weight excluding hydrogens is 571 g/mol. The zero-order valence-electron chi connectivity index (χ0n) is 22.1. The molecule has 1 amide bonds. The van der Waals surface area contributed by atoms with Crippen LogP contribution in [0.5, 0.6) is 5.75 Å². The number of hydrogen-bond acceptors (Lipinski definition) is 5. The van der Waals surface area contributed by atoms with Crippen molar-refractivity contribution in [1.82, 2.24) is 9.99 Å². The topological polar surface area (TPSA) is 93.0 Å². The molecule has 0 aliphatic rings. The van der Waals surface area contributed by atoms with Crippen molar-refractivity contribution in [2.24, 2.45) is 5.10 Å². The standard InChI is InChI=1S/C29H28Cl2N4O4S/c1-4-39-27-16-9-8-14-25(27)34(40(37,38)23-11-6-5-7-12-23)19-28(36)33-32-18-22-17-20(2)35(21(22)3)26-15-10-13-24(30)29(26)31/h5-18H,4,19H2,1-3H3,(H,33,36)/b32-18-. The highest BCUT2D eigenvalue weighted by Gasteiger charge is 2.29. The monoisotopic (exact) mass is 598 g/mol. The molecule has 4 rings (SSSR count).